The van der Waals surface area contributed by atoms with Crippen LogP contribution in [0.4, 0.5) is 13.2 Å². The van der Waals surface area contributed by atoms with Crippen molar-refractivity contribution in [3.8, 4) is 10.4 Å². The van der Waals surface area contributed by atoms with E-state index in [1.54, 1.807) is 11.3 Å². The minimum Gasteiger partial charge on any atom is -0.475 e. The smallest absolute Gasteiger partial charge is 0.475 e. The Labute approximate surface area is 187 Å². The summed E-state index contributed by atoms with van der Waals surface area (Å²) in [6.45, 7) is 2.32. The van der Waals surface area contributed by atoms with Gasteiger partial charge in [-0.05, 0) is 42.0 Å². The fraction of sp³-hybridized carbons (Fsp3) is 0.409. The summed E-state index contributed by atoms with van der Waals surface area (Å²) in [5, 5.41) is 9.18. The fourth-order valence-corrected chi connectivity index (χ4v) is 4.76. The van der Waals surface area contributed by atoms with Crippen LogP contribution in [-0.4, -0.2) is 65.5 Å². The minimum absolute atomic E-state index is 0.0889. The number of aliphatic carboxylic acids is 1. The van der Waals surface area contributed by atoms with Crippen molar-refractivity contribution in [2.75, 3.05) is 26.7 Å². The van der Waals surface area contributed by atoms with Crippen molar-refractivity contribution in [2.24, 2.45) is 5.41 Å². The van der Waals surface area contributed by atoms with Gasteiger partial charge in [0.15, 0.2) is 0 Å². The maximum atomic E-state index is 12.8. The highest BCUT2D eigenvalue weighted by Gasteiger charge is 2.44. The topological polar surface area (TPSA) is 77.9 Å². The lowest BCUT2D eigenvalue weighted by molar-refractivity contribution is -0.192. The first-order valence-electron chi connectivity index (χ1n) is 9.98. The number of benzene rings is 1. The maximum absolute atomic E-state index is 12.8. The third kappa shape index (κ3) is 5.48. The van der Waals surface area contributed by atoms with E-state index in [9.17, 15) is 22.8 Å². The van der Waals surface area contributed by atoms with E-state index in [-0.39, 0.29) is 17.2 Å². The van der Waals surface area contributed by atoms with Gasteiger partial charge in [-0.2, -0.15) is 13.2 Å². The monoisotopic (exact) mass is 468 g/mol. The Morgan fingerprint density at radius 2 is 1.69 bits per heavy atom. The first-order valence-corrected chi connectivity index (χ1v) is 10.9. The molecule has 0 aliphatic carbocycles. The van der Waals surface area contributed by atoms with E-state index in [1.807, 2.05) is 47.2 Å². The second-order valence-electron chi connectivity index (χ2n) is 8.08. The molecule has 0 radical (unpaired) electrons. The lowest BCUT2D eigenvalue weighted by atomic mass is 9.77. The van der Waals surface area contributed by atoms with E-state index < -0.39 is 12.1 Å². The Morgan fingerprint density at radius 3 is 2.12 bits per heavy atom. The molecule has 2 fully saturated rings. The number of carbonyl (C=O) groups is 3. The Kier molecular flexibility index (Phi) is 6.92. The zero-order chi connectivity index (χ0) is 23.5. The van der Waals surface area contributed by atoms with E-state index in [2.05, 4.69) is 11.4 Å². The van der Waals surface area contributed by atoms with Gasteiger partial charge >= 0.3 is 12.1 Å². The van der Waals surface area contributed by atoms with Gasteiger partial charge in [0.25, 0.3) is 5.91 Å². The Hall–Kier alpha value is -2.88. The van der Waals surface area contributed by atoms with E-state index in [1.165, 1.54) is 4.88 Å². The number of halogens is 3. The zero-order valence-electron chi connectivity index (χ0n) is 17.4. The molecule has 0 atom stereocenters. The van der Waals surface area contributed by atoms with Crippen molar-refractivity contribution in [3.05, 3.63) is 47.3 Å². The van der Waals surface area contributed by atoms with Crippen LogP contribution >= 0.6 is 11.3 Å². The molecule has 6 nitrogen and oxygen atoms in total. The third-order valence-electron chi connectivity index (χ3n) is 5.82. The number of hydrogen-bond acceptors (Lipinski definition) is 4. The van der Waals surface area contributed by atoms with Crippen LogP contribution in [-0.2, 0) is 9.59 Å². The summed E-state index contributed by atoms with van der Waals surface area (Å²) in [5.74, 6) is -2.42. The van der Waals surface area contributed by atoms with Gasteiger partial charge < -0.3 is 14.9 Å². The van der Waals surface area contributed by atoms with Crippen LogP contribution in [0.25, 0.3) is 10.4 Å². The van der Waals surface area contributed by atoms with Crippen molar-refractivity contribution in [1.29, 1.82) is 0 Å². The SMILES string of the molecule is CN1CC2(CCN(C(=O)c3ccc(-c4cccs4)cc3)CC2)CC1=O.O=C(O)C(F)(F)F. The molecule has 0 saturated carbocycles. The first-order chi connectivity index (χ1) is 15.0. The van der Waals surface area contributed by atoms with Gasteiger partial charge in [-0.3, -0.25) is 9.59 Å². The van der Waals surface area contributed by atoms with Crippen LogP contribution in [0, 0.1) is 5.41 Å². The molecule has 2 saturated heterocycles. The Balaban J connectivity index is 0.000000360. The average molecular weight is 468 g/mol. The van der Waals surface area contributed by atoms with Gasteiger partial charge in [0.2, 0.25) is 5.91 Å². The number of nitrogens with zero attached hydrogens (tertiary/aromatic N) is 2. The lowest BCUT2D eigenvalue weighted by Gasteiger charge is -2.38. The number of carboxylic acids is 1. The predicted molar refractivity (Wildman–Crippen MR) is 113 cm³/mol. The van der Waals surface area contributed by atoms with Crippen LogP contribution in [0.3, 0.4) is 0 Å². The first kappa shape index (κ1) is 23.8. The van der Waals surface area contributed by atoms with E-state index in [4.69, 9.17) is 9.90 Å². The zero-order valence-corrected chi connectivity index (χ0v) is 18.2. The molecule has 1 aromatic heterocycles. The predicted octanol–water partition coefficient (Wildman–Crippen LogP) is 4.13. The molecule has 2 aromatic rings. The largest absolute Gasteiger partial charge is 0.490 e. The number of carboxylic acid groups (broad SMARTS) is 1. The molecule has 1 N–H and O–H groups in total. The molecule has 2 aliphatic rings. The molecular formula is C22H23F3N2O4S. The van der Waals surface area contributed by atoms with E-state index in [0.29, 0.717) is 6.42 Å². The molecule has 3 heterocycles. The number of hydrogen-bond donors (Lipinski definition) is 1. The van der Waals surface area contributed by atoms with Crippen LogP contribution in [0.5, 0.6) is 0 Å². The van der Waals surface area contributed by atoms with Gasteiger partial charge in [-0.25, -0.2) is 4.79 Å². The number of amides is 2. The van der Waals surface area contributed by atoms with Gasteiger partial charge in [0.05, 0.1) is 0 Å². The molecule has 4 rings (SSSR count). The van der Waals surface area contributed by atoms with Crippen LogP contribution in [0.2, 0.25) is 0 Å². The number of rotatable bonds is 2. The quantitative estimate of drug-likeness (QED) is 0.719. The van der Waals surface area contributed by atoms with Gasteiger partial charge in [0.1, 0.15) is 0 Å². The highest BCUT2D eigenvalue weighted by molar-refractivity contribution is 7.13. The number of likely N-dealkylation sites (tertiary alicyclic amines) is 2. The lowest BCUT2D eigenvalue weighted by Crippen LogP contribution is -2.44. The Bertz CT molecular complexity index is 966. The summed E-state index contributed by atoms with van der Waals surface area (Å²) in [4.78, 5) is 38.5. The molecular weight excluding hydrogens is 445 g/mol. The van der Waals surface area contributed by atoms with E-state index >= 15 is 0 Å². The average Bonchev–Trinajstić information content (AvgIpc) is 3.37. The van der Waals surface area contributed by atoms with Crippen LogP contribution in [0.15, 0.2) is 41.8 Å². The van der Waals surface area contributed by atoms with Crippen LogP contribution < -0.4 is 0 Å². The summed E-state index contributed by atoms with van der Waals surface area (Å²) in [7, 11) is 1.88. The number of piperidine rings is 1. The Morgan fingerprint density at radius 1 is 1.09 bits per heavy atom. The fourth-order valence-electron chi connectivity index (χ4n) is 4.02. The number of alkyl halides is 3. The van der Waals surface area contributed by atoms with Crippen molar-refractivity contribution < 1.29 is 32.7 Å². The van der Waals surface area contributed by atoms with Crippen molar-refractivity contribution >= 4 is 29.1 Å². The summed E-state index contributed by atoms with van der Waals surface area (Å²) >= 11 is 1.70. The normalized spacial score (nSPS) is 17.8. The third-order valence-corrected chi connectivity index (χ3v) is 6.73. The summed E-state index contributed by atoms with van der Waals surface area (Å²) in [6.07, 6.45) is -2.61. The second kappa shape index (κ2) is 9.32. The van der Waals surface area contributed by atoms with Gasteiger partial charge in [-0.1, -0.05) is 18.2 Å². The molecule has 2 aliphatic heterocycles. The standard InChI is InChI=1S/C20H22N2O2S.C2HF3O2/c1-21-14-20(13-18(21)23)8-10-22(11-9-20)19(24)16-6-4-15(5-7-16)17-3-2-12-25-17;3-2(4,5)1(6)7/h2-7,12H,8-11,13-14H2,1H3;(H,6,7). The van der Waals surface area contributed by atoms with Crippen molar-refractivity contribution in [1.82, 2.24) is 9.80 Å². The van der Waals surface area contributed by atoms with E-state index in [0.717, 1.165) is 43.6 Å². The molecule has 1 spiro atoms. The number of carbonyl (C=O) groups excluding carboxylic acids is 2. The minimum atomic E-state index is -5.08. The molecule has 10 heteroatoms. The molecule has 0 unspecified atom stereocenters. The highest BCUT2D eigenvalue weighted by Crippen LogP contribution is 2.40. The van der Waals surface area contributed by atoms with Gasteiger partial charge in [-0.15, -0.1) is 11.3 Å². The molecule has 32 heavy (non-hydrogen) atoms. The molecule has 1 aromatic carbocycles. The second-order valence-corrected chi connectivity index (χ2v) is 9.02. The highest BCUT2D eigenvalue weighted by atomic mass is 32.1. The van der Waals surface area contributed by atoms with Gasteiger partial charge in [0, 0.05) is 49.0 Å². The molecule has 172 valence electrons. The summed E-state index contributed by atoms with van der Waals surface area (Å²) in [5.41, 5.74) is 1.98. The van der Waals surface area contributed by atoms with Crippen molar-refractivity contribution in [3.63, 3.8) is 0 Å². The maximum Gasteiger partial charge on any atom is 0.490 e. The summed E-state index contributed by atoms with van der Waals surface area (Å²) < 4.78 is 31.7. The molecule has 2 amide bonds. The van der Waals surface area contributed by atoms with Crippen molar-refractivity contribution in [2.45, 2.75) is 25.4 Å². The van der Waals surface area contributed by atoms with Crippen LogP contribution in [0.1, 0.15) is 29.6 Å². The molecule has 0 bridgehead atoms. The number of thiophene rings is 1. The summed E-state index contributed by atoms with van der Waals surface area (Å²) in [6, 6.07) is 12.0.